The smallest absolute Gasteiger partial charge is 0.292 e. The second kappa shape index (κ2) is 6.19. The molecule has 0 saturated heterocycles. The highest BCUT2D eigenvalue weighted by Crippen LogP contribution is 2.21. The Morgan fingerprint density at radius 3 is 3.00 bits per heavy atom. The summed E-state index contributed by atoms with van der Waals surface area (Å²) in [5.41, 5.74) is 0. The van der Waals surface area contributed by atoms with Gasteiger partial charge in [-0.3, -0.25) is 0 Å². The Hall–Kier alpha value is -1.47. The van der Waals surface area contributed by atoms with Gasteiger partial charge >= 0.3 is 0 Å². The van der Waals surface area contributed by atoms with Crippen molar-refractivity contribution in [1.82, 2.24) is 4.98 Å². The van der Waals surface area contributed by atoms with Gasteiger partial charge in [-0.15, -0.1) is 5.26 Å². The number of nitriles is 1. The molecule has 1 N–H and O–H groups in total. The molecule has 1 unspecified atom stereocenters. The lowest BCUT2D eigenvalue weighted by molar-refractivity contribution is 0.506. The van der Waals surface area contributed by atoms with Crippen molar-refractivity contribution < 1.29 is 4.74 Å². The Balaban J connectivity index is 2.76. The Kier molecular flexibility index (Phi) is 4.87. The van der Waals surface area contributed by atoms with Crippen LogP contribution < -0.4 is 10.1 Å². The minimum Gasteiger partial charge on any atom is -0.388 e. The first-order chi connectivity index (χ1) is 7.65. The van der Waals surface area contributed by atoms with Gasteiger partial charge in [0.05, 0.1) is 0 Å². The van der Waals surface area contributed by atoms with Gasteiger partial charge in [0.1, 0.15) is 16.7 Å². The minimum atomic E-state index is 0.305. The number of pyridine rings is 1. The van der Waals surface area contributed by atoms with Gasteiger partial charge in [0, 0.05) is 18.2 Å². The maximum absolute atomic E-state index is 8.41. The van der Waals surface area contributed by atoms with Crippen LogP contribution in [0.2, 0.25) is 5.15 Å². The van der Waals surface area contributed by atoms with Gasteiger partial charge in [-0.25, -0.2) is 4.98 Å². The molecule has 16 heavy (non-hydrogen) atoms. The summed E-state index contributed by atoms with van der Waals surface area (Å²) in [5.74, 6) is 1.02. The van der Waals surface area contributed by atoms with E-state index in [4.69, 9.17) is 21.6 Å². The first kappa shape index (κ1) is 12.6. The van der Waals surface area contributed by atoms with Crippen molar-refractivity contribution in [3.63, 3.8) is 0 Å². The van der Waals surface area contributed by atoms with Crippen LogP contribution >= 0.6 is 11.6 Å². The van der Waals surface area contributed by atoms with Crippen molar-refractivity contribution in [3.05, 3.63) is 17.3 Å². The van der Waals surface area contributed by atoms with E-state index in [0.717, 1.165) is 12.8 Å². The summed E-state index contributed by atoms with van der Waals surface area (Å²) in [6.07, 6.45) is 3.74. The van der Waals surface area contributed by atoms with Gasteiger partial charge in [-0.1, -0.05) is 24.9 Å². The molecule has 0 aliphatic carbocycles. The van der Waals surface area contributed by atoms with E-state index in [1.54, 1.807) is 12.3 Å². The van der Waals surface area contributed by atoms with Crippen LogP contribution in [0.3, 0.4) is 0 Å². The molecule has 4 nitrogen and oxygen atoms in total. The van der Waals surface area contributed by atoms with Crippen molar-refractivity contribution in [2.75, 3.05) is 5.32 Å². The average molecular weight is 240 g/mol. The van der Waals surface area contributed by atoms with Crippen LogP contribution in [0.1, 0.15) is 26.7 Å². The van der Waals surface area contributed by atoms with E-state index >= 15 is 0 Å². The van der Waals surface area contributed by atoms with Gasteiger partial charge in [0.25, 0.3) is 6.26 Å². The molecule has 0 aliphatic rings. The van der Waals surface area contributed by atoms with Crippen LogP contribution in [0.15, 0.2) is 12.1 Å². The second-order valence-electron chi connectivity index (χ2n) is 3.54. The SMILES string of the molecule is CCCC(C)Nc1cc(OC#N)cc(Cl)n1. The van der Waals surface area contributed by atoms with E-state index in [-0.39, 0.29) is 0 Å². The van der Waals surface area contributed by atoms with Crippen molar-refractivity contribution in [2.24, 2.45) is 0 Å². The number of hydrogen-bond donors (Lipinski definition) is 1. The number of anilines is 1. The molecule has 0 spiro atoms. The van der Waals surface area contributed by atoms with E-state index in [2.05, 4.69) is 24.1 Å². The van der Waals surface area contributed by atoms with Gasteiger partial charge in [-0.2, -0.15) is 0 Å². The van der Waals surface area contributed by atoms with Crippen molar-refractivity contribution >= 4 is 17.4 Å². The van der Waals surface area contributed by atoms with Crippen LogP contribution in [0, 0.1) is 11.5 Å². The molecule has 0 saturated carbocycles. The topological polar surface area (TPSA) is 57.9 Å². The third kappa shape index (κ3) is 3.95. The standard InChI is InChI=1S/C11H14ClN3O/c1-3-4-8(2)14-11-6-9(16-7-13)5-10(12)15-11/h5-6,8H,3-4H2,1-2H3,(H,14,15). The Labute approximate surface area is 100 Å². The van der Waals surface area contributed by atoms with E-state index in [0.29, 0.717) is 22.8 Å². The van der Waals surface area contributed by atoms with Crippen LogP contribution in [0.5, 0.6) is 5.75 Å². The number of rotatable bonds is 5. The second-order valence-corrected chi connectivity index (χ2v) is 3.93. The molecule has 1 atom stereocenters. The minimum absolute atomic E-state index is 0.305. The zero-order valence-corrected chi connectivity index (χ0v) is 10.1. The lowest BCUT2D eigenvalue weighted by atomic mass is 10.2. The summed E-state index contributed by atoms with van der Waals surface area (Å²) in [4.78, 5) is 4.10. The summed E-state index contributed by atoms with van der Waals surface area (Å²) >= 11 is 5.81. The number of ether oxygens (including phenoxy) is 1. The highest BCUT2D eigenvalue weighted by molar-refractivity contribution is 6.29. The van der Waals surface area contributed by atoms with Crippen LogP contribution in [-0.4, -0.2) is 11.0 Å². The molecular formula is C11H14ClN3O. The number of aromatic nitrogens is 1. The highest BCUT2D eigenvalue weighted by Gasteiger charge is 2.05. The van der Waals surface area contributed by atoms with Gasteiger partial charge in [0.2, 0.25) is 0 Å². The quantitative estimate of drug-likeness (QED) is 0.633. The maximum atomic E-state index is 8.41. The van der Waals surface area contributed by atoms with Gasteiger partial charge in [-0.05, 0) is 13.3 Å². The fraction of sp³-hybridized carbons (Fsp3) is 0.455. The predicted molar refractivity (Wildman–Crippen MR) is 63.5 cm³/mol. The van der Waals surface area contributed by atoms with Gasteiger partial charge < -0.3 is 10.1 Å². The van der Waals surface area contributed by atoms with Crippen molar-refractivity contribution in [3.8, 4) is 12.0 Å². The van der Waals surface area contributed by atoms with E-state index in [9.17, 15) is 0 Å². The molecule has 86 valence electrons. The third-order valence-electron chi connectivity index (χ3n) is 2.05. The average Bonchev–Trinajstić information content (AvgIpc) is 2.17. The van der Waals surface area contributed by atoms with E-state index < -0.39 is 0 Å². The molecule has 0 aliphatic heterocycles. The predicted octanol–water partition coefficient (Wildman–Crippen LogP) is 3.20. The fourth-order valence-corrected chi connectivity index (χ4v) is 1.62. The molecule has 1 rings (SSSR count). The molecule has 1 aromatic rings. The summed E-state index contributed by atoms with van der Waals surface area (Å²) in [6.45, 7) is 4.19. The molecule has 0 aromatic carbocycles. The summed E-state index contributed by atoms with van der Waals surface area (Å²) in [5, 5.41) is 11.9. The fourth-order valence-electron chi connectivity index (χ4n) is 1.42. The molecule has 0 bridgehead atoms. The number of nitrogens with zero attached hydrogens (tertiary/aromatic N) is 2. The highest BCUT2D eigenvalue weighted by atomic mass is 35.5. The third-order valence-corrected chi connectivity index (χ3v) is 2.24. The lowest BCUT2D eigenvalue weighted by Crippen LogP contribution is -2.15. The lowest BCUT2D eigenvalue weighted by Gasteiger charge is -2.13. The van der Waals surface area contributed by atoms with E-state index in [1.807, 2.05) is 0 Å². The van der Waals surface area contributed by atoms with Crippen LogP contribution in [0.4, 0.5) is 5.82 Å². The first-order valence-corrected chi connectivity index (χ1v) is 5.53. The van der Waals surface area contributed by atoms with Crippen LogP contribution in [0.25, 0.3) is 0 Å². The molecule has 0 radical (unpaired) electrons. The molecule has 1 heterocycles. The summed E-state index contributed by atoms with van der Waals surface area (Å²) < 4.78 is 4.71. The molecule has 0 amide bonds. The number of nitrogens with one attached hydrogen (secondary N) is 1. The maximum Gasteiger partial charge on any atom is 0.292 e. The molecule has 0 fully saturated rings. The summed E-state index contributed by atoms with van der Waals surface area (Å²) in [7, 11) is 0. The number of hydrogen-bond acceptors (Lipinski definition) is 4. The normalized spacial score (nSPS) is 11.6. The first-order valence-electron chi connectivity index (χ1n) is 5.15. The Morgan fingerprint density at radius 2 is 2.38 bits per heavy atom. The van der Waals surface area contributed by atoms with E-state index in [1.165, 1.54) is 6.07 Å². The largest absolute Gasteiger partial charge is 0.388 e. The Morgan fingerprint density at radius 1 is 1.62 bits per heavy atom. The van der Waals surface area contributed by atoms with Crippen LogP contribution in [-0.2, 0) is 0 Å². The zero-order chi connectivity index (χ0) is 12.0. The summed E-state index contributed by atoms with van der Waals surface area (Å²) in [6, 6.07) is 3.47. The zero-order valence-electron chi connectivity index (χ0n) is 9.33. The monoisotopic (exact) mass is 239 g/mol. The molecule has 1 aromatic heterocycles. The van der Waals surface area contributed by atoms with Gasteiger partial charge in [0.15, 0.2) is 0 Å². The Bertz CT molecular complexity index is 389. The number of halogens is 1. The molecule has 5 heteroatoms. The van der Waals surface area contributed by atoms with Crippen molar-refractivity contribution in [2.45, 2.75) is 32.7 Å². The van der Waals surface area contributed by atoms with Crippen molar-refractivity contribution in [1.29, 1.82) is 5.26 Å². The molecular weight excluding hydrogens is 226 g/mol.